The third-order valence-electron chi connectivity index (χ3n) is 4.91. The molecule has 3 aromatic carbocycles. The van der Waals surface area contributed by atoms with Gasteiger partial charge in [-0.15, -0.1) is 0 Å². The molecule has 0 aliphatic carbocycles. The molecule has 1 aromatic heterocycles. The zero-order valence-corrected chi connectivity index (χ0v) is 18.6. The molecule has 31 heavy (non-hydrogen) atoms. The number of nitrogens with zero attached hydrogens (tertiary/aromatic N) is 4. The summed E-state index contributed by atoms with van der Waals surface area (Å²) in [5, 5.41) is 12.6. The molecule has 0 amide bonds. The van der Waals surface area contributed by atoms with Crippen LogP contribution in [0.15, 0.2) is 90.0 Å². The molecule has 0 radical (unpaired) electrons. The van der Waals surface area contributed by atoms with E-state index in [1.807, 2.05) is 84.7 Å². The van der Waals surface area contributed by atoms with E-state index >= 15 is 0 Å². The number of hydrazone groups is 1. The lowest BCUT2D eigenvalue weighted by Crippen LogP contribution is -2.16. The highest BCUT2D eigenvalue weighted by atomic mass is 35.5. The first-order chi connectivity index (χ1) is 15.1. The number of anilines is 1. The number of hydrogen-bond acceptors (Lipinski definition) is 3. The van der Waals surface area contributed by atoms with Crippen LogP contribution in [0.2, 0.25) is 10.2 Å². The van der Waals surface area contributed by atoms with Gasteiger partial charge in [0, 0.05) is 5.02 Å². The Morgan fingerprint density at radius 3 is 2.19 bits per heavy atom. The minimum absolute atomic E-state index is 0.559. The van der Waals surface area contributed by atoms with Crippen molar-refractivity contribution >= 4 is 35.1 Å². The van der Waals surface area contributed by atoms with Crippen molar-refractivity contribution in [2.45, 2.75) is 20.0 Å². The van der Waals surface area contributed by atoms with E-state index in [0.717, 1.165) is 22.5 Å². The Morgan fingerprint density at radius 1 is 0.871 bits per heavy atom. The zero-order valence-electron chi connectivity index (χ0n) is 17.1. The maximum Gasteiger partial charge on any atom is 0.136 e. The summed E-state index contributed by atoms with van der Waals surface area (Å²) in [6.45, 7) is 3.16. The molecule has 4 nitrogen and oxygen atoms in total. The molecule has 0 saturated carbocycles. The first-order valence-electron chi connectivity index (χ1n) is 9.98. The molecular weight excluding hydrogens is 427 g/mol. The van der Waals surface area contributed by atoms with E-state index in [-0.39, 0.29) is 0 Å². The number of aromatic nitrogens is 2. The van der Waals surface area contributed by atoms with Gasteiger partial charge in [-0.3, -0.25) is 5.01 Å². The van der Waals surface area contributed by atoms with E-state index in [2.05, 4.69) is 17.2 Å². The molecule has 0 fully saturated rings. The van der Waals surface area contributed by atoms with Crippen LogP contribution < -0.4 is 5.01 Å². The Hall–Kier alpha value is -3.08. The van der Waals surface area contributed by atoms with Crippen LogP contribution >= 0.6 is 23.2 Å². The molecule has 0 N–H and O–H groups in total. The van der Waals surface area contributed by atoms with Crippen LogP contribution in [0.5, 0.6) is 0 Å². The molecule has 0 atom stereocenters. The van der Waals surface area contributed by atoms with Gasteiger partial charge in [-0.2, -0.15) is 10.2 Å². The Kier molecular flexibility index (Phi) is 6.70. The van der Waals surface area contributed by atoms with Crippen LogP contribution in [-0.4, -0.2) is 16.0 Å². The first kappa shape index (κ1) is 21.2. The average Bonchev–Trinajstić information content (AvgIpc) is 3.06. The molecule has 156 valence electrons. The summed E-state index contributed by atoms with van der Waals surface area (Å²) in [5.41, 5.74) is 4.89. The summed E-state index contributed by atoms with van der Waals surface area (Å²) >= 11 is 12.6. The fraction of sp³-hybridized carbons (Fsp3) is 0.120. The molecule has 1 heterocycles. The van der Waals surface area contributed by atoms with Crippen molar-refractivity contribution in [1.29, 1.82) is 0 Å². The molecule has 6 heteroatoms. The maximum atomic E-state index is 6.67. The molecule has 0 saturated heterocycles. The van der Waals surface area contributed by atoms with Crippen molar-refractivity contribution in [3.63, 3.8) is 0 Å². The number of para-hydroxylation sites is 1. The van der Waals surface area contributed by atoms with Crippen molar-refractivity contribution in [3.05, 3.63) is 117 Å². The van der Waals surface area contributed by atoms with Gasteiger partial charge in [-0.1, -0.05) is 83.9 Å². The summed E-state index contributed by atoms with van der Waals surface area (Å²) in [4.78, 5) is 0. The Bertz CT molecular complexity index is 1150. The van der Waals surface area contributed by atoms with Crippen LogP contribution in [0.3, 0.4) is 0 Å². The smallest absolute Gasteiger partial charge is 0.136 e. The predicted molar refractivity (Wildman–Crippen MR) is 129 cm³/mol. The van der Waals surface area contributed by atoms with E-state index in [1.54, 1.807) is 10.9 Å². The highest BCUT2D eigenvalue weighted by Crippen LogP contribution is 2.22. The highest BCUT2D eigenvalue weighted by Gasteiger charge is 2.13. The third-order valence-corrected chi connectivity index (χ3v) is 5.56. The van der Waals surface area contributed by atoms with Crippen molar-refractivity contribution < 1.29 is 0 Å². The van der Waals surface area contributed by atoms with E-state index in [4.69, 9.17) is 28.3 Å². The predicted octanol–water partition coefficient (Wildman–Crippen LogP) is 6.59. The van der Waals surface area contributed by atoms with Gasteiger partial charge in [0.05, 0.1) is 36.2 Å². The molecule has 4 rings (SSSR count). The minimum atomic E-state index is 0.559. The minimum Gasteiger partial charge on any atom is -0.261 e. The van der Waals surface area contributed by atoms with E-state index in [9.17, 15) is 0 Å². The summed E-state index contributed by atoms with van der Waals surface area (Å²) in [6.07, 6.45) is 1.79. The fourth-order valence-electron chi connectivity index (χ4n) is 3.26. The molecule has 0 aliphatic heterocycles. The SMILES string of the molecule is Cc1nn(Cc2ccc(Cl)cc2)c(Cl)c1C=NN(Cc1ccccc1)c1ccccc1. The van der Waals surface area contributed by atoms with Gasteiger partial charge < -0.3 is 0 Å². The van der Waals surface area contributed by atoms with Crippen molar-refractivity contribution in [2.24, 2.45) is 5.10 Å². The van der Waals surface area contributed by atoms with Gasteiger partial charge in [-0.05, 0) is 42.3 Å². The lowest BCUT2D eigenvalue weighted by molar-refractivity contribution is 0.680. The van der Waals surface area contributed by atoms with Gasteiger partial charge >= 0.3 is 0 Å². The second-order valence-corrected chi connectivity index (χ2v) is 7.99. The molecule has 0 spiro atoms. The summed E-state index contributed by atoms with van der Waals surface area (Å²) in [5.74, 6) is 0. The number of rotatable bonds is 7. The van der Waals surface area contributed by atoms with Gasteiger partial charge in [0.1, 0.15) is 5.15 Å². The average molecular weight is 449 g/mol. The van der Waals surface area contributed by atoms with Crippen LogP contribution in [-0.2, 0) is 13.1 Å². The van der Waals surface area contributed by atoms with Crippen molar-refractivity contribution in [3.8, 4) is 0 Å². The topological polar surface area (TPSA) is 33.4 Å². The van der Waals surface area contributed by atoms with Crippen LogP contribution in [0.25, 0.3) is 0 Å². The largest absolute Gasteiger partial charge is 0.261 e. The summed E-state index contributed by atoms with van der Waals surface area (Å²) < 4.78 is 1.78. The van der Waals surface area contributed by atoms with Crippen molar-refractivity contribution in [2.75, 3.05) is 5.01 Å². The van der Waals surface area contributed by atoms with Crippen LogP contribution in [0, 0.1) is 6.92 Å². The molecule has 0 unspecified atom stereocenters. The standard InChI is InChI=1S/C25H22Cl2N4/c1-19-24(25(27)31(29-19)18-21-12-14-22(26)15-13-21)16-28-30(23-10-6-3-7-11-23)17-20-8-4-2-5-9-20/h2-16H,17-18H2,1H3. The molecule has 0 bridgehead atoms. The van der Waals surface area contributed by atoms with Crippen LogP contribution in [0.4, 0.5) is 5.69 Å². The van der Waals surface area contributed by atoms with Gasteiger partial charge in [0.25, 0.3) is 0 Å². The fourth-order valence-corrected chi connectivity index (χ4v) is 3.67. The van der Waals surface area contributed by atoms with E-state index < -0.39 is 0 Å². The second kappa shape index (κ2) is 9.82. The zero-order chi connectivity index (χ0) is 21.6. The number of hydrogen-bond donors (Lipinski definition) is 0. The maximum absolute atomic E-state index is 6.67. The third kappa shape index (κ3) is 5.35. The Balaban J connectivity index is 1.60. The quantitative estimate of drug-likeness (QED) is 0.236. The Morgan fingerprint density at radius 2 is 1.52 bits per heavy atom. The first-order valence-corrected chi connectivity index (χ1v) is 10.7. The number of aryl methyl sites for hydroxylation is 1. The molecule has 4 aromatic rings. The van der Waals surface area contributed by atoms with E-state index in [1.165, 1.54) is 5.56 Å². The molecule has 0 aliphatic rings. The van der Waals surface area contributed by atoms with Crippen molar-refractivity contribution in [1.82, 2.24) is 9.78 Å². The number of benzene rings is 3. The molecular formula is C25H22Cl2N4. The Labute approximate surface area is 192 Å². The van der Waals surface area contributed by atoms with Gasteiger partial charge in [0.15, 0.2) is 0 Å². The normalized spacial score (nSPS) is 11.2. The van der Waals surface area contributed by atoms with Gasteiger partial charge in [0.2, 0.25) is 0 Å². The summed E-state index contributed by atoms with van der Waals surface area (Å²) in [6, 6.07) is 28.0. The second-order valence-electron chi connectivity index (χ2n) is 7.20. The highest BCUT2D eigenvalue weighted by molar-refractivity contribution is 6.32. The monoisotopic (exact) mass is 448 g/mol. The number of halogens is 2. The lowest BCUT2D eigenvalue weighted by atomic mass is 10.2. The lowest BCUT2D eigenvalue weighted by Gasteiger charge is -2.19. The van der Waals surface area contributed by atoms with Crippen LogP contribution in [0.1, 0.15) is 22.4 Å². The van der Waals surface area contributed by atoms with E-state index in [0.29, 0.717) is 23.3 Å². The van der Waals surface area contributed by atoms with Gasteiger partial charge in [-0.25, -0.2) is 4.68 Å². The summed E-state index contributed by atoms with van der Waals surface area (Å²) in [7, 11) is 0.